The van der Waals surface area contributed by atoms with Crippen molar-refractivity contribution in [3.05, 3.63) is 36.2 Å². The summed E-state index contributed by atoms with van der Waals surface area (Å²) < 4.78 is 0. The van der Waals surface area contributed by atoms with Crippen molar-refractivity contribution in [2.24, 2.45) is 0 Å². The van der Waals surface area contributed by atoms with E-state index in [4.69, 9.17) is 5.11 Å². The van der Waals surface area contributed by atoms with Gasteiger partial charge in [-0.3, -0.25) is 14.6 Å². The number of fused-ring (bicyclic) bond motifs is 1. The average molecular weight is 315 g/mol. The van der Waals surface area contributed by atoms with Gasteiger partial charge in [0.2, 0.25) is 0 Å². The highest BCUT2D eigenvalue weighted by Crippen LogP contribution is 2.08. The number of carboxylic acid groups (broad SMARTS) is 1. The average Bonchev–Trinajstić information content (AvgIpc) is 2.56. The fourth-order valence-corrected chi connectivity index (χ4v) is 2.29. The molecular formula is C17H21N3O3. The van der Waals surface area contributed by atoms with Crippen LogP contribution in [0.5, 0.6) is 0 Å². The number of aromatic nitrogens is 2. The number of unbranched alkanes of at least 4 members (excludes halogenated alkanes) is 4. The van der Waals surface area contributed by atoms with Gasteiger partial charge in [-0.15, -0.1) is 0 Å². The summed E-state index contributed by atoms with van der Waals surface area (Å²) in [7, 11) is 0. The summed E-state index contributed by atoms with van der Waals surface area (Å²) in [4.78, 5) is 30.9. The number of carbonyl (C=O) groups is 2. The van der Waals surface area contributed by atoms with E-state index < -0.39 is 5.97 Å². The first kappa shape index (κ1) is 16.9. The van der Waals surface area contributed by atoms with Gasteiger partial charge < -0.3 is 10.4 Å². The molecule has 0 radical (unpaired) electrons. The largest absolute Gasteiger partial charge is 0.481 e. The van der Waals surface area contributed by atoms with Gasteiger partial charge in [-0.25, -0.2) is 4.98 Å². The molecule has 1 heterocycles. The molecule has 0 aliphatic heterocycles. The lowest BCUT2D eigenvalue weighted by molar-refractivity contribution is -0.137. The van der Waals surface area contributed by atoms with Gasteiger partial charge in [-0.05, 0) is 25.0 Å². The van der Waals surface area contributed by atoms with Crippen LogP contribution in [-0.4, -0.2) is 33.5 Å². The van der Waals surface area contributed by atoms with Gasteiger partial charge in [0.25, 0.3) is 5.91 Å². The number of carbonyl (C=O) groups excluding carboxylic acids is 1. The molecule has 23 heavy (non-hydrogen) atoms. The van der Waals surface area contributed by atoms with Gasteiger partial charge in [-0.1, -0.05) is 31.4 Å². The molecule has 0 aliphatic rings. The van der Waals surface area contributed by atoms with Crippen LogP contribution in [0.3, 0.4) is 0 Å². The van der Waals surface area contributed by atoms with Crippen LogP contribution in [0.25, 0.3) is 11.0 Å². The zero-order valence-electron chi connectivity index (χ0n) is 13.0. The maximum absolute atomic E-state index is 12.0. The van der Waals surface area contributed by atoms with E-state index in [1.165, 1.54) is 6.20 Å². The standard InChI is InChI=1S/C17H21N3O3/c21-16(22)10-4-2-1-3-7-11-18-17(23)15-12-19-13-8-5-6-9-14(13)20-15/h5-6,8-9,12H,1-4,7,10-11H2,(H,18,23)(H,21,22). The Hall–Kier alpha value is -2.50. The summed E-state index contributed by atoms with van der Waals surface area (Å²) in [5, 5.41) is 11.4. The quantitative estimate of drug-likeness (QED) is 0.694. The molecule has 0 saturated heterocycles. The molecule has 122 valence electrons. The lowest BCUT2D eigenvalue weighted by atomic mass is 10.1. The molecule has 0 saturated carbocycles. The maximum Gasteiger partial charge on any atom is 0.303 e. The Kier molecular flexibility index (Phi) is 6.47. The first-order chi connectivity index (χ1) is 11.2. The smallest absolute Gasteiger partial charge is 0.303 e. The van der Waals surface area contributed by atoms with Gasteiger partial charge >= 0.3 is 5.97 Å². The van der Waals surface area contributed by atoms with Gasteiger partial charge in [0, 0.05) is 13.0 Å². The Bertz CT molecular complexity index is 673. The molecule has 0 fully saturated rings. The topological polar surface area (TPSA) is 92.2 Å². The Labute approximate surface area is 135 Å². The minimum Gasteiger partial charge on any atom is -0.481 e. The summed E-state index contributed by atoms with van der Waals surface area (Å²) in [5.41, 5.74) is 1.80. The first-order valence-electron chi connectivity index (χ1n) is 7.88. The summed E-state index contributed by atoms with van der Waals surface area (Å²) in [6, 6.07) is 7.43. The number of nitrogens with one attached hydrogen (secondary N) is 1. The summed E-state index contributed by atoms with van der Waals surface area (Å²) >= 11 is 0. The molecule has 1 amide bonds. The first-order valence-corrected chi connectivity index (χ1v) is 7.88. The number of hydrogen-bond donors (Lipinski definition) is 2. The monoisotopic (exact) mass is 315 g/mol. The van der Waals surface area contributed by atoms with Crippen molar-refractivity contribution in [3.8, 4) is 0 Å². The Morgan fingerprint density at radius 2 is 1.70 bits per heavy atom. The predicted octanol–water partition coefficient (Wildman–Crippen LogP) is 2.78. The normalized spacial score (nSPS) is 10.6. The zero-order chi connectivity index (χ0) is 16.5. The van der Waals surface area contributed by atoms with Crippen LogP contribution in [-0.2, 0) is 4.79 Å². The number of para-hydroxylation sites is 2. The third-order valence-electron chi connectivity index (χ3n) is 3.53. The van der Waals surface area contributed by atoms with E-state index in [1.54, 1.807) is 0 Å². The predicted molar refractivity (Wildman–Crippen MR) is 87.2 cm³/mol. The second kappa shape index (κ2) is 8.82. The minimum atomic E-state index is -0.742. The van der Waals surface area contributed by atoms with Crippen LogP contribution < -0.4 is 5.32 Å². The van der Waals surface area contributed by atoms with Crippen LogP contribution in [0.4, 0.5) is 0 Å². The van der Waals surface area contributed by atoms with E-state index in [1.807, 2.05) is 24.3 Å². The molecule has 0 unspecified atom stereocenters. The molecule has 0 aliphatic carbocycles. The van der Waals surface area contributed by atoms with Crippen molar-refractivity contribution in [2.75, 3.05) is 6.54 Å². The lowest BCUT2D eigenvalue weighted by Crippen LogP contribution is -2.25. The molecule has 2 rings (SSSR count). The summed E-state index contributed by atoms with van der Waals surface area (Å²) in [6.07, 6.45) is 6.19. The summed E-state index contributed by atoms with van der Waals surface area (Å²) in [6.45, 7) is 0.590. The molecule has 6 nitrogen and oxygen atoms in total. The van der Waals surface area contributed by atoms with Crippen LogP contribution in [0.2, 0.25) is 0 Å². The Balaban J connectivity index is 1.67. The second-order valence-corrected chi connectivity index (χ2v) is 5.41. The van der Waals surface area contributed by atoms with Crippen LogP contribution in [0.1, 0.15) is 49.0 Å². The van der Waals surface area contributed by atoms with Crippen LogP contribution in [0.15, 0.2) is 30.5 Å². The third-order valence-corrected chi connectivity index (χ3v) is 3.53. The van der Waals surface area contributed by atoms with E-state index in [0.29, 0.717) is 24.2 Å². The molecular weight excluding hydrogens is 294 g/mol. The molecule has 0 spiro atoms. The number of hydrogen-bond acceptors (Lipinski definition) is 4. The van der Waals surface area contributed by atoms with Crippen molar-refractivity contribution in [1.82, 2.24) is 15.3 Å². The van der Waals surface area contributed by atoms with Gasteiger partial charge in [0.15, 0.2) is 0 Å². The molecule has 1 aromatic carbocycles. The molecule has 1 aromatic heterocycles. The number of aliphatic carboxylic acids is 1. The molecule has 2 N–H and O–H groups in total. The van der Waals surface area contributed by atoms with Crippen molar-refractivity contribution in [2.45, 2.75) is 38.5 Å². The van der Waals surface area contributed by atoms with Gasteiger partial charge in [0.05, 0.1) is 17.2 Å². The highest BCUT2D eigenvalue weighted by Gasteiger charge is 2.08. The number of rotatable bonds is 9. The Morgan fingerprint density at radius 1 is 1.00 bits per heavy atom. The zero-order valence-corrected chi connectivity index (χ0v) is 13.0. The van der Waals surface area contributed by atoms with E-state index in [0.717, 1.165) is 31.2 Å². The molecule has 0 bridgehead atoms. The fourth-order valence-electron chi connectivity index (χ4n) is 2.29. The van der Waals surface area contributed by atoms with Crippen molar-refractivity contribution in [3.63, 3.8) is 0 Å². The molecule has 0 atom stereocenters. The number of carboxylic acids is 1. The SMILES string of the molecule is O=C(O)CCCCCCCNC(=O)c1cnc2ccccc2n1. The third kappa shape index (κ3) is 5.65. The van der Waals surface area contributed by atoms with Gasteiger partial charge in [0.1, 0.15) is 5.69 Å². The van der Waals surface area contributed by atoms with E-state index in [-0.39, 0.29) is 12.3 Å². The highest BCUT2D eigenvalue weighted by molar-refractivity contribution is 5.93. The lowest BCUT2D eigenvalue weighted by Gasteiger charge is -2.05. The minimum absolute atomic E-state index is 0.214. The van der Waals surface area contributed by atoms with Crippen LogP contribution in [0, 0.1) is 0 Å². The molecule has 6 heteroatoms. The second-order valence-electron chi connectivity index (χ2n) is 5.41. The van der Waals surface area contributed by atoms with Gasteiger partial charge in [-0.2, -0.15) is 0 Å². The van der Waals surface area contributed by atoms with E-state index >= 15 is 0 Å². The number of nitrogens with zero attached hydrogens (tertiary/aromatic N) is 2. The number of amides is 1. The number of benzene rings is 1. The van der Waals surface area contributed by atoms with Crippen molar-refractivity contribution < 1.29 is 14.7 Å². The highest BCUT2D eigenvalue weighted by atomic mass is 16.4. The Morgan fingerprint density at radius 3 is 2.48 bits per heavy atom. The van der Waals surface area contributed by atoms with Crippen molar-refractivity contribution >= 4 is 22.9 Å². The fraction of sp³-hybridized carbons (Fsp3) is 0.412. The van der Waals surface area contributed by atoms with E-state index in [9.17, 15) is 9.59 Å². The maximum atomic E-state index is 12.0. The van der Waals surface area contributed by atoms with Crippen LogP contribution >= 0.6 is 0 Å². The molecule has 2 aromatic rings. The summed E-state index contributed by atoms with van der Waals surface area (Å²) in [5.74, 6) is -0.956. The van der Waals surface area contributed by atoms with E-state index in [2.05, 4.69) is 15.3 Å². The van der Waals surface area contributed by atoms with Crippen molar-refractivity contribution in [1.29, 1.82) is 0 Å².